The average molecular weight is 201 g/mol. The largest absolute Gasteiger partial charge is 0.327 e. The lowest BCUT2D eigenvalue weighted by Crippen LogP contribution is -2.25. The number of benzene rings is 1. The second kappa shape index (κ2) is 4.19. The normalized spacial score (nSPS) is 26.2. The van der Waals surface area contributed by atoms with Crippen molar-refractivity contribution < 1.29 is 0 Å². The summed E-state index contributed by atoms with van der Waals surface area (Å²) in [7, 11) is 0. The molecular weight excluding hydrogens is 182 g/mol. The van der Waals surface area contributed by atoms with E-state index in [1.165, 1.54) is 16.7 Å². The van der Waals surface area contributed by atoms with Crippen LogP contribution in [0, 0.1) is 12.8 Å². The Balaban J connectivity index is 2.31. The number of aryl methyl sites for hydroxylation is 1. The van der Waals surface area contributed by atoms with Crippen molar-refractivity contribution in [2.45, 2.75) is 32.7 Å². The summed E-state index contributed by atoms with van der Waals surface area (Å²) in [6, 6.07) is 9.09. The molecule has 0 fully saturated rings. The maximum atomic E-state index is 5.95. The van der Waals surface area contributed by atoms with Gasteiger partial charge in [0.1, 0.15) is 0 Å². The predicted molar refractivity (Wildman–Crippen MR) is 65.5 cm³/mol. The minimum absolute atomic E-state index is 0.355. The van der Waals surface area contributed by atoms with Crippen molar-refractivity contribution in [1.29, 1.82) is 0 Å². The van der Waals surface area contributed by atoms with Crippen molar-refractivity contribution in [3.05, 3.63) is 41.5 Å². The van der Waals surface area contributed by atoms with Crippen molar-refractivity contribution in [3.8, 4) is 0 Å². The Morgan fingerprint density at radius 2 is 2.13 bits per heavy atom. The van der Waals surface area contributed by atoms with Crippen LogP contribution in [0.2, 0.25) is 0 Å². The van der Waals surface area contributed by atoms with Crippen LogP contribution < -0.4 is 5.73 Å². The second-order valence-corrected chi connectivity index (χ2v) is 4.66. The predicted octanol–water partition coefficient (Wildman–Crippen LogP) is 3.14. The van der Waals surface area contributed by atoms with Gasteiger partial charge in [-0.15, -0.1) is 0 Å². The van der Waals surface area contributed by atoms with Crippen molar-refractivity contribution in [2.24, 2.45) is 11.7 Å². The van der Waals surface area contributed by atoms with Gasteiger partial charge in [-0.25, -0.2) is 0 Å². The number of nitrogens with two attached hydrogens (primary N) is 1. The summed E-state index contributed by atoms with van der Waals surface area (Å²) in [5, 5.41) is 0. The second-order valence-electron chi connectivity index (χ2n) is 4.66. The van der Waals surface area contributed by atoms with E-state index in [2.05, 4.69) is 44.2 Å². The molecule has 1 aliphatic rings. The molecule has 0 spiro atoms. The summed E-state index contributed by atoms with van der Waals surface area (Å²) in [5.41, 5.74) is 10.1. The van der Waals surface area contributed by atoms with Crippen LogP contribution in [-0.2, 0) is 0 Å². The van der Waals surface area contributed by atoms with Crippen LogP contribution in [0.3, 0.4) is 0 Å². The molecule has 0 heterocycles. The summed E-state index contributed by atoms with van der Waals surface area (Å²) in [5.74, 6) is 0.593. The zero-order valence-corrected chi connectivity index (χ0v) is 9.53. The molecule has 1 aliphatic carbocycles. The van der Waals surface area contributed by atoms with Gasteiger partial charge in [0.05, 0.1) is 0 Å². The molecule has 2 atom stereocenters. The van der Waals surface area contributed by atoms with Gasteiger partial charge in [0, 0.05) is 6.04 Å². The van der Waals surface area contributed by atoms with Crippen LogP contribution in [0.25, 0.3) is 5.57 Å². The maximum Gasteiger partial charge on any atom is 0.00793 e. The zero-order chi connectivity index (χ0) is 10.8. The monoisotopic (exact) mass is 201 g/mol. The summed E-state index contributed by atoms with van der Waals surface area (Å²) in [6.07, 6.45) is 4.45. The van der Waals surface area contributed by atoms with Crippen molar-refractivity contribution >= 4 is 5.57 Å². The van der Waals surface area contributed by atoms with Crippen LogP contribution >= 0.6 is 0 Å². The number of hydrogen-bond acceptors (Lipinski definition) is 1. The van der Waals surface area contributed by atoms with E-state index in [4.69, 9.17) is 5.73 Å². The van der Waals surface area contributed by atoms with Crippen LogP contribution in [-0.4, -0.2) is 6.04 Å². The smallest absolute Gasteiger partial charge is 0.00793 e. The van der Waals surface area contributed by atoms with Gasteiger partial charge in [0.15, 0.2) is 0 Å². The molecule has 1 heteroatoms. The van der Waals surface area contributed by atoms with Gasteiger partial charge in [-0.05, 0) is 36.8 Å². The van der Waals surface area contributed by atoms with Crippen molar-refractivity contribution in [1.82, 2.24) is 0 Å². The Morgan fingerprint density at radius 1 is 1.33 bits per heavy atom. The Bertz CT molecular complexity index is 379. The molecule has 0 saturated heterocycles. The first-order valence-corrected chi connectivity index (χ1v) is 5.69. The third kappa shape index (κ3) is 2.29. The minimum atomic E-state index is 0.355. The Morgan fingerprint density at radius 3 is 2.80 bits per heavy atom. The molecule has 0 saturated carbocycles. The first-order valence-electron chi connectivity index (χ1n) is 5.69. The van der Waals surface area contributed by atoms with E-state index < -0.39 is 0 Å². The van der Waals surface area contributed by atoms with Gasteiger partial charge in [-0.2, -0.15) is 0 Å². The van der Waals surface area contributed by atoms with Crippen LogP contribution in [0.5, 0.6) is 0 Å². The molecule has 1 nitrogen and oxygen atoms in total. The molecule has 80 valence electrons. The summed E-state index contributed by atoms with van der Waals surface area (Å²) >= 11 is 0. The SMILES string of the molecule is Cc1cccc(C2=CCC(N)CC2C)c1. The fourth-order valence-corrected chi connectivity index (χ4v) is 2.38. The molecule has 0 radical (unpaired) electrons. The van der Waals surface area contributed by atoms with Crippen molar-refractivity contribution in [2.75, 3.05) is 0 Å². The van der Waals surface area contributed by atoms with Gasteiger partial charge >= 0.3 is 0 Å². The minimum Gasteiger partial charge on any atom is -0.327 e. The Kier molecular flexibility index (Phi) is 2.92. The van der Waals surface area contributed by atoms with Gasteiger partial charge in [0.25, 0.3) is 0 Å². The molecular formula is C14H19N. The highest BCUT2D eigenvalue weighted by molar-refractivity contribution is 5.68. The van der Waals surface area contributed by atoms with E-state index in [1.54, 1.807) is 0 Å². The van der Waals surface area contributed by atoms with E-state index in [1.807, 2.05) is 0 Å². The molecule has 0 aromatic heterocycles. The topological polar surface area (TPSA) is 26.0 Å². The molecule has 0 amide bonds. The van der Waals surface area contributed by atoms with Gasteiger partial charge in [-0.1, -0.05) is 42.8 Å². The molecule has 15 heavy (non-hydrogen) atoms. The van der Waals surface area contributed by atoms with E-state index in [0.29, 0.717) is 12.0 Å². The highest BCUT2D eigenvalue weighted by atomic mass is 14.6. The summed E-state index contributed by atoms with van der Waals surface area (Å²) in [6.45, 7) is 4.41. The molecule has 0 aliphatic heterocycles. The van der Waals surface area contributed by atoms with Crippen molar-refractivity contribution in [3.63, 3.8) is 0 Å². The molecule has 2 N–H and O–H groups in total. The van der Waals surface area contributed by atoms with E-state index in [0.717, 1.165) is 12.8 Å². The van der Waals surface area contributed by atoms with Crippen LogP contribution in [0.1, 0.15) is 30.9 Å². The highest BCUT2D eigenvalue weighted by Gasteiger charge is 2.19. The first kappa shape index (κ1) is 10.4. The zero-order valence-electron chi connectivity index (χ0n) is 9.53. The van der Waals surface area contributed by atoms with Gasteiger partial charge in [-0.3, -0.25) is 0 Å². The fraction of sp³-hybridized carbons (Fsp3) is 0.429. The highest BCUT2D eigenvalue weighted by Crippen LogP contribution is 2.31. The number of hydrogen-bond donors (Lipinski definition) is 1. The third-order valence-electron chi connectivity index (χ3n) is 3.18. The van der Waals surface area contributed by atoms with Gasteiger partial charge < -0.3 is 5.73 Å². The summed E-state index contributed by atoms with van der Waals surface area (Å²) in [4.78, 5) is 0. The van der Waals surface area contributed by atoms with E-state index >= 15 is 0 Å². The lowest BCUT2D eigenvalue weighted by molar-refractivity contribution is 0.523. The standard InChI is InChI=1S/C14H19N/c1-10-4-3-5-12(8-10)14-7-6-13(15)9-11(14)2/h3-5,7-8,11,13H,6,9,15H2,1-2H3. The van der Waals surface area contributed by atoms with Crippen LogP contribution in [0.15, 0.2) is 30.3 Å². The first-order chi connectivity index (χ1) is 7.16. The Hall–Kier alpha value is -1.08. The number of rotatable bonds is 1. The molecule has 2 rings (SSSR count). The summed E-state index contributed by atoms with van der Waals surface area (Å²) < 4.78 is 0. The maximum absolute atomic E-state index is 5.95. The molecule has 0 bridgehead atoms. The molecule has 1 aromatic carbocycles. The van der Waals surface area contributed by atoms with Gasteiger partial charge in [0.2, 0.25) is 0 Å². The van der Waals surface area contributed by atoms with E-state index in [-0.39, 0.29) is 0 Å². The van der Waals surface area contributed by atoms with E-state index in [9.17, 15) is 0 Å². The quantitative estimate of drug-likeness (QED) is 0.742. The lowest BCUT2D eigenvalue weighted by atomic mass is 9.82. The van der Waals surface area contributed by atoms with Crippen LogP contribution in [0.4, 0.5) is 0 Å². The molecule has 1 aromatic rings. The average Bonchev–Trinajstić information content (AvgIpc) is 2.17. The fourth-order valence-electron chi connectivity index (χ4n) is 2.38. The lowest BCUT2D eigenvalue weighted by Gasteiger charge is -2.25. The Labute approximate surface area is 92.0 Å². The third-order valence-corrected chi connectivity index (χ3v) is 3.18. The molecule has 2 unspecified atom stereocenters. The number of allylic oxidation sites excluding steroid dienone is 1.